The van der Waals surface area contributed by atoms with Crippen LogP contribution >= 0.6 is 0 Å². The fourth-order valence-corrected chi connectivity index (χ4v) is 1.58. The Morgan fingerprint density at radius 2 is 2.11 bits per heavy atom. The molecule has 0 aliphatic carbocycles. The van der Waals surface area contributed by atoms with E-state index in [9.17, 15) is 0 Å². The molecule has 0 aromatic heterocycles. The minimum Gasteiger partial charge on any atom is -0.491 e. The van der Waals surface area contributed by atoms with Crippen LogP contribution in [-0.4, -0.2) is 25.9 Å². The molecule has 0 saturated carbocycles. The third kappa shape index (κ3) is 4.84. The Hall–Kier alpha value is -1.42. The largest absolute Gasteiger partial charge is 0.491 e. The molecule has 0 amide bonds. The summed E-state index contributed by atoms with van der Waals surface area (Å²) in [6, 6.07) is 6.01. The molecule has 1 aromatic carbocycles. The van der Waals surface area contributed by atoms with Gasteiger partial charge in [-0.05, 0) is 32.4 Å². The molecule has 1 unspecified atom stereocenters. The van der Waals surface area contributed by atoms with Crippen molar-refractivity contribution in [2.24, 2.45) is 0 Å². The van der Waals surface area contributed by atoms with Crippen molar-refractivity contribution in [1.29, 1.82) is 0 Å². The molecule has 3 N–H and O–H groups in total. The van der Waals surface area contributed by atoms with Gasteiger partial charge in [0, 0.05) is 24.4 Å². The van der Waals surface area contributed by atoms with Gasteiger partial charge in [0.05, 0.1) is 18.9 Å². The zero-order chi connectivity index (χ0) is 13.4. The van der Waals surface area contributed by atoms with Gasteiger partial charge < -0.3 is 20.5 Å². The Balaban J connectivity index is 2.60. The molecule has 0 fully saturated rings. The second-order valence-corrected chi connectivity index (χ2v) is 4.31. The summed E-state index contributed by atoms with van der Waals surface area (Å²) in [4.78, 5) is 0. The van der Waals surface area contributed by atoms with Crippen LogP contribution in [0.15, 0.2) is 18.2 Å². The monoisotopic (exact) mass is 252 g/mol. The Bertz CT molecular complexity index is 356. The second-order valence-electron chi connectivity index (χ2n) is 4.31. The van der Waals surface area contributed by atoms with E-state index in [0.717, 1.165) is 24.5 Å². The maximum Gasteiger partial charge on any atom is 0.144 e. The lowest BCUT2D eigenvalue weighted by Crippen LogP contribution is -2.21. The van der Waals surface area contributed by atoms with Crippen molar-refractivity contribution in [3.63, 3.8) is 0 Å². The van der Waals surface area contributed by atoms with Crippen LogP contribution < -0.4 is 15.8 Å². The van der Waals surface area contributed by atoms with E-state index < -0.39 is 0 Å². The first-order valence-electron chi connectivity index (χ1n) is 6.54. The van der Waals surface area contributed by atoms with E-state index in [-0.39, 0.29) is 6.04 Å². The van der Waals surface area contributed by atoms with Crippen LogP contribution in [0.4, 0.5) is 11.4 Å². The third-order valence-corrected chi connectivity index (χ3v) is 2.46. The van der Waals surface area contributed by atoms with Gasteiger partial charge in [-0.25, -0.2) is 0 Å². The van der Waals surface area contributed by atoms with Gasteiger partial charge >= 0.3 is 0 Å². The number of nitrogens with two attached hydrogens (primary N) is 1. The minimum absolute atomic E-state index is 0.257. The molecule has 0 bridgehead atoms. The summed E-state index contributed by atoms with van der Waals surface area (Å²) in [5.41, 5.74) is 7.54. The SMILES string of the molecule is CCCOc1cc(NC(C)COCC)ccc1N. The van der Waals surface area contributed by atoms with Crippen LogP contribution in [0.5, 0.6) is 5.75 Å². The number of benzene rings is 1. The van der Waals surface area contributed by atoms with Gasteiger partial charge in [-0.2, -0.15) is 0 Å². The van der Waals surface area contributed by atoms with Crippen LogP contribution in [0.2, 0.25) is 0 Å². The number of anilines is 2. The van der Waals surface area contributed by atoms with Gasteiger partial charge in [0.2, 0.25) is 0 Å². The van der Waals surface area contributed by atoms with E-state index >= 15 is 0 Å². The van der Waals surface area contributed by atoms with Crippen molar-refractivity contribution in [3.05, 3.63) is 18.2 Å². The van der Waals surface area contributed by atoms with Crippen LogP contribution in [0.1, 0.15) is 27.2 Å². The number of rotatable bonds is 8. The Morgan fingerprint density at radius 3 is 2.78 bits per heavy atom. The fourth-order valence-electron chi connectivity index (χ4n) is 1.58. The highest BCUT2D eigenvalue weighted by Crippen LogP contribution is 2.26. The van der Waals surface area contributed by atoms with Crippen molar-refractivity contribution in [3.8, 4) is 5.75 Å². The molecule has 0 spiro atoms. The van der Waals surface area contributed by atoms with Gasteiger partial charge in [0.25, 0.3) is 0 Å². The number of nitrogen functional groups attached to an aromatic ring is 1. The first kappa shape index (κ1) is 14.6. The topological polar surface area (TPSA) is 56.5 Å². The molecule has 0 aliphatic heterocycles. The molecule has 1 atom stereocenters. The fraction of sp³-hybridized carbons (Fsp3) is 0.571. The van der Waals surface area contributed by atoms with Gasteiger partial charge in [-0.3, -0.25) is 0 Å². The normalized spacial score (nSPS) is 12.2. The third-order valence-electron chi connectivity index (χ3n) is 2.46. The summed E-state index contributed by atoms with van der Waals surface area (Å²) in [7, 11) is 0. The Kier molecular flexibility index (Phi) is 6.36. The summed E-state index contributed by atoms with van der Waals surface area (Å²) < 4.78 is 11.0. The van der Waals surface area contributed by atoms with Gasteiger partial charge in [-0.15, -0.1) is 0 Å². The van der Waals surface area contributed by atoms with E-state index in [4.69, 9.17) is 15.2 Å². The smallest absolute Gasteiger partial charge is 0.144 e. The van der Waals surface area contributed by atoms with E-state index in [1.165, 1.54) is 0 Å². The van der Waals surface area contributed by atoms with Crippen LogP contribution in [0.3, 0.4) is 0 Å². The Labute approximate surface area is 109 Å². The van der Waals surface area contributed by atoms with Crippen molar-refractivity contribution in [2.45, 2.75) is 33.2 Å². The summed E-state index contributed by atoms with van der Waals surface area (Å²) in [6.07, 6.45) is 0.970. The standard InChI is InChI=1S/C14H24N2O2/c1-4-8-18-14-9-12(6-7-13(14)15)16-11(3)10-17-5-2/h6-7,9,11,16H,4-5,8,10,15H2,1-3H3. The molecule has 0 saturated heterocycles. The zero-order valence-corrected chi connectivity index (χ0v) is 11.5. The number of ether oxygens (including phenoxy) is 2. The lowest BCUT2D eigenvalue weighted by Gasteiger charge is -2.16. The first-order valence-corrected chi connectivity index (χ1v) is 6.54. The summed E-state index contributed by atoms with van der Waals surface area (Å²) in [5, 5.41) is 3.36. The van der Waals surface area contributed by atoms with Crippen molar-refractivity contribution in [2.75, 3.05) is 30.9 Å². The predicted octanol–water partition coefficient (Wildman–Crippen LogP) is 2.89. The number of nitrogens with one attached hydrogen (secondary N) is 1. The maximum absolute atomic E-state index is 5.86. The lowest BCUT2D eigenvalue weighted by molar-refractivity contribution is 0.141. The molecule has 4 nitrogen and oxygen atoms in total. The molecular formula is C14H24N2O2. The summed E-state index contributed by atoms with van der Waals surface area (Å²) in [6.45, 7) is 8.25. The lowest BCUT2D eigenvalue weighted by atomic mass is 10.2. The van der Waals surface area contributed by atoms with E-state index in [2.05, 4.69) is 19.2 Å². The Morgan fingerprint density at radius 1 is 1.33 bits per heavy atom. The van der Waals surface area contributed by atoms with Crippen molar-refractivity contribution < 1.29 is 9.47 Å². The molecule has 0 radical (unpaired) electrons. The average molecular weight is 252 g/mol. The van der Waals surface area contributed by atoms with Gasteiger partial charge in [0.15, 0.2) is 0 Å². The highest BCUT2D eigenvalue weighted by molar-refractivity contribution is 5.61. The molecule has 0 aliphatic rings. The van der Waals surface area contributed by atoms with Gasteiger partial charge in [0.1, 0.15) is 5.75 Å². The van der Waals surface area contributed by atoms with E-state index in [0.29, 0.717) is 18.9 Å². The molecule has 1 aromatic rings. The summed E-state index contributed by atoms with van der Waals surface area (Å²) >= 11 is 0. The number of hydrogen-bond acceptors (Lipinski definition) is 4. The highest BCUT2D eigenvalue weighted by Gasteiger charge is 2.05. The number of hydrogen-bond donors (Lipinski definition) is 2. The molecular weight excluding hydrogens is 228 g/mol. The van der Waals surface area contributed by atoms with E-state index in [1.807, 2.05) is 25.1 Å². The molecule has 18 heavy (non-hydrogen) atoms. The highest BCUT2D eigenvalue weighted by atomic mass is 16.5. The summed E-state index contributed by atoms with van der Waals surface area (Å²) in [5.74, 6) is 0.741. The predicted molar refractivity (Wildman–Crippen MR) is 76.2 cm³/mol. The average Bonchev–Trinajstić information content (AvgIpc) is 2.37. The molecule has 4 heteroatoms. The van der Waals surface area contributed by atoms with Crippen LogP contribution in [-0.2, 0) is 4.74 Å². The maximum atomic E-state index is 5.86. The molecule has 1 rings (SSSR count). The van der Waals surface area contributed by atoms with E-state index in [1.54, 1.807) is 0 Å². The van der Waals surface area contributed by atoms with Crippen molar-refractivity contribution in [1.82, 2.24) is 0 Å². The quantitative estimate of drug-likeness (QED) is 0.698. The van der Waals surface area contributed by atoms with Crippen molar-refractivity contribution >= 4 is 11.4 Å². The van der Waals surface area contributed by atoms with Crippen LogP contribution in [0.25, 0.3) is 0 Å². The van der Waals surface area contributed by atoms with Crippen LogP contribution in [0, 0.1) is 0 Å². The molecule has 0 heterocycles. The molecule has 102 valence electrons. The second kappa shape index (κ2) is 7.82. The first-order chi connectivity index (χ1) is 8.67. The van der Waals surface area contributed by atoms with Gasteiger partial charge in [-0.1, -0.05) is 6.92 Å². The zero-order valence-electron chi connectivity index (χ0n) is 11.5. The minimum atomic E-state index is 0.257.